The van der Waals surface area contributed by atoms with Crippen LogP contribution in [0.2, 0.25) is 0 Å². The molecule has 19 heavy (non-hydrogen) atoms. The second-order valence-corrected chi connectivity index (χ2v) is 6.19. The van der Waals surface area contributed by atoms with Crippen molar-refractivity contribution in [2.24, 2.45) is 5.92 Å². The lowest BCUT2D eigenvalue weighted by Crippen LogP contribution is -2.49. The standard InChI is InChI=1S/C13H17BrN4O/c1-13(8-15,9-18-7-11(14)6-16-18)17-12(19)10-4-2-3-5-10/h6-7,10H,2-5,9H2,1H3,(H,17,19). The van der Waals surface area contributed by atoms with Gasteiger partial charge in [-0.15, -0.1) is 0 Å². The van der Waals surface area contributed by atoms with Crippen LogP contribution in [-0.2, 0) is 11.3 Å². The molecule has 1 aliphatic rings. The van der Waals surface area contributed by atoms with Gasteiger partial charge in [0.2, 0.25) is 5.91 Å². The summed E-state index contributed by atoms with van der Waals surface area (Å²) in [7, 11) is 0. The lowest BCUT2D eigenvalue weighted by Gasteiger charge is -2.25. The SMILES string of the molecule is CC(C#N)(Cn1cc(Br)cn1)NC(=O)C1CCCC1. The Labute approximate surface area is 121 Å². The molecule has 0 aromatic carbocycles. The summed E-state index contributed by atoms with van der Waals surface area (Å²) < 4.78 is 2.51. The number of nitrogens with one attached hydrogen (secondary N) is 1. The molecule has 1 heterocycles. The molecule has 102 valence electrons. The molecule has 2 rings (SSSR count). The predicted molar refractivity (Wildman–Crippen MR) is 74.0 cm³/mol. The number of halogens is 1. The Morgan fingerprint density at radius 1 is 1.68 bits per heavy atom. The Bertz CT molecular complexity index is 501. The quantitative estimate of drug-likeness (QED) is 0.923. The van der Waals surface area contributed by atoms with Gasteiger partial charge < -0.3 is 5.32 Å². The third-order valence-electron chi connectivity index (χ3n) is 3.45. The number of nitrogens with zero attached hydrogens (tertiary/aromatic N) is 3. The van der Waals surface area contributed by atoms with E-state index in [0.717, 1.165) is 30.2 Å². The van der Waals surface area contributed by atoms with Gasteiger partial charge in [0.1, 0.15) is 5.54 Å². The largest absolute Gasteiger partial charge is 0.336 e. The van der Waals surface area contributed by atoms with Crippen LogP contribution in [0.5, 0.6) is 0 Å². The molecule has 0 bridgehead atoms. The van der Waals surface area contributed by atoms with Crippen LogP contribution in [-0.4, -0.2) is 21.2 Å². The van der Waals surface area contributed by atoms with E-state index in [1.807, 2.05) is 0 Å². The number of aromatic nitrogens is 2. The highest BCUT2D eigenvalue weighted by Gasteiger charge is 2.31. The van der Waals surface area contributed by atoms with Crippen molar-refractivity contribution < 1.29 is 4.79 Å². The van der Waals surface area contributed by atoms with Crippen LogP contribution in [0.4, 0.5) is 0 Å². The number of hydrogen-bond donors (Lipinski definition) is 1. The summed E-state index contributed by atoms with van der Waals surface area (Å²) in [6, 6.07) is 2.18. The van der Waals surface area contributed by atoms with Crippen LogP contribution >= 0.6 is 15.9 Å². The topological polar surface area (TPSA) is 70.7 Å². The number of rotatable bonds is 4. The van der Waals surface area contributed by atoms with Crippen LogP contribution in [0.1, 0.15) is 32.6 Å². The molecule has 1 aromatic heterocycles. The van der Waals surface area contributed by atoms with E-state index in [1.165, 1.54) is 0 Å². The van der Waals surface area contributed by atoms with Crippen LogP contribution < -0.4 is 5.32 Å². The summed E-state index contributed by atoms with van der Waals surface area (Å²) in [5.74, 6) is 0.0600. The van der Waals surface area contributed by atoms with Gasteiger partial charge in [-0.25, -0.2) is 0 Å². The van der Waals surface area contributed by atoms with Gasteiger partial charge in [0.05, 0.1) is 23.3 Å². The molecule has 0 aliphatic heterocycles. The van der Waals surface area contributed by atoms with Gasteiger partial charge in [0.15, 0.2) is 0 Å². The monoisotopic (exact) mass is 324 g/mol. The molecule has 0 radical (unpaired) electrons. The maximum atomic E-state index is 12.1. The van der Waals surface area contributed by atoms with Crippen molar-refractivity contribution in [1.82, 2.24) is 15.1 Å². The molecule has 1 N–H and O–H groups in total. The van der Waals surface area contributed by atoms with Crippen molar-refractivity contribution in [3.63, 3.8) is 0 Å². The van der Waals surface area contributed by atoms with Gasteiger partial charge in [-0.2, -0.15) is 10.4 Å². The molecule has 1 aromatic rings. The first-order valence-electron chi connectivity index (χ1n) is 6.44. The van der Waals surface area contributed by atoms with E-state index in [2.05, 4.69) is 32.4 Å². The van der Waals surface area contributed by atoms with E-state index in [1.54, 1.807) is 24.0 Å². The Morgan fingerprint density at radius 3 is 2.89 bits per heavy atom. The van der Waals surface area contributed by atoms with E-state index in [4.69, 9.17) is 0 Å². The molecule has 0 saturated heterocycles. The molecule has 5 nitrogen and oxygen atoms in total. The van der Waals surface area contributed by atoms with E-state index in [0.29, 0.717) is 6.54 Å². The Kier molecular flexibility index (Phi) is 4.25. The van der Waals surface area contributed by atoms with Crippen molar-refractivity contribution in [2.45, 2.75) is 44.7 Å². The summed E-state index contributed by atoms with van der Waals surface area (Å²) in [4.78, 5) is 12.1. The summed E-state index contributed by atoms with van der Waals surface area (Å²) in [6.07, 6.45) is 7.52. The Morgan fingerprint density at radius 2 is 2.37 bits per heavy atom. The zero-order chi connectivity index (χ0) is 13.9. The maximum Gasteiger partial charge on any atom is 0.224 e. The maximum absolute atomic E-state index is 12.1. The van der Waals surface area contributed by atoms with Crippen molar-refractivity contribution in [1.29, 1.82) is 5.26 Å². The lowest BCUT2D eigenvalue weighted by atomic mass is 10.0. The lowest BCUT2D eigenvalue weighted by molar-refractivity contribution is -0.126. The summed E-state index contributed by atoms with van der Waals surface area (Å²) in [6.45, 7) is 2.07. The zero-order valence-electron chi connectivity index (χ0n) is 10.9. The van der Waals surface area contributed by atoms with Crippen LogP contribution in [0.15, 0.2) is 16.9 Å². The predicted octanol–water partition coefficient (Wildman–Crippen LogP) is 2.23. The van der Waals surface area contributed by atoms with Crippen molar-refractivity contribution in [3.8, 4) is 6.07 Å². The first-order chi connectivity index (χ1) is 9.02. The molecule has 1 atom stereocenters. The second-order valence-electron chi connectivity index (χ2n) is 5.27. The number of amides is 1. The average molecular weight is 325 g/mol. The fourth-order valence-electron chi connectivity index (χ4n) is 2.41. The van der Waals surface area contributed by atoms with Gasteiger partial charge in [-0.05, 0) is 35.7 Å². The molecule has 1 amide bonds. The number of nitriles is 1. The molecule has 1 aliphatic carbocycles. The van der Waals surface area contributed by atoms with Gasteiger partial charge in [0, 0.05) is 12.1 Å². The van der Waals surface area contributed by atoms with E-state index >= 15 is 0 Å². The van der Waals surface area contributed by atoms with Crippen LogP contribution in [0.25, 0.3) is 0 Å². The average Bonchev–Trinajstić information content (AvgIpc) is 3.00. The highest BCUT2D eigenvalue weighted by molar-refractivity contribution is 9.10. The van der Waals surface area contributed by atoms with Crippen molar-refractivity contribution >= 4 is 21.8 Å². The fourth-order valence-corrected chi connectivity index (χ4v) is 2.74. The molecular formula is C13H17BrN4O. The minimum Gasteiger partial charge on any atom is -0.336 e. The number of carbonyl (C=O) groups excluding carboxylic acids is 1. The van der Waals surface area contributed by atoms with E-state index < -0.39 is 5.54 Å². The van der Waals surface area contributed by atoms with Gasteiger partial charge in [-0.1, -0.05) is 12.8 Å². The first-order valence-corrected chi connectivity index (χ1v) is 7.23. The number of hydrogen-bond acceptors (Lipinski definition) is 3. The van der Waals surface area contributed by atoms with Gasteiger partial charge >= 0.3 is 0 Å². The van der Waals surface area contributed by atoms with Crippen LogP contribution in [0, 0.1) is 17.2 Å². The first kappa shape index (κ1) is 14.1. The van der Waals surface area contributed by atoms with Crippen molar-refractivity contribution in [2.75, 3.05) is 0 Å². The second kappa shape index (κ2) is 5.74. The summed E-state index contributed by atoms with van der Waals surface area (Å²) in [5, 5.41) is 16.3. The fraction of sp³-hybridized carbons (Fsp3) is 0.615. The van der Waals surface area contributed by atoms with Gasteiger partial charge in [-0.3, -0.25) is 9.48 Å². The molecule has 1 unspecified atom stereocenters. The molecular weight excluding hydrogens is 308 g/mol. The number of carbonyl (C=O) groups is 1. The Balaban J connectivity index is 2.01. The smallest absolute Gasteiger partial charge is 0.224 e. The zero-order valence-corrected chi connectivity index (χ0v) is 12.5. The van der Waals surface area contributed by atoms with E-state index in [-0.39, 0.29) is 11.8 Å². The highest BCUT2D eigenvalue weighted by Crippen LogP contribution is 2.25. The minimum atomic E-state index is -0.925. The van der Waals surface area contributed by atoms with E-state index in [9.17, 15) is 10.1 Å². The van der Waals surface area contributed by atoms with Gasteiger partial charge in [0.25, 0.3) is 0 Å². The van der Waals surface area contributed by atoms with Crippen molar-refractivity contribution in [3.05, 3.63) is 16.9 Å². The third kappa shape index (κ3) is 3.57. The minimum absolute atomic E-state index is 0.00669. The molecule has 1 fully saturated rings. The van der Waals surface area contributed by atoms with Crippen LogP contribution in [0.3, 0.4) is 0 Å². The molecule has 6 heteroatoms. The normalized spacial score (nSPS) is 18.8. The summed E-state index contributed by atoms with van der Waals surface area (Å²) in [5.41, 5.74) is -0.925. The molecule has 1 saturated carbocycles. The highest BCUT2D eigenvalue weighted by atomic mass is 79.9. The summed E-state index contributed by atoms with van der Waals surface area (Å²) >= 11 is 3.31. The Hall–Kier alpha value is -1.35. The molecule has 0 spiro atoms. The third-order valence-corrected chi connectivity index (χ3v) is 3.86.